The Hall–Kier alpha value is -0.680. The van der Waals surface area contributed by atoms with Gasteiger partial charge in [0.15, 0.2) is 0 Å². The highest BCUT2D eigenvalue weighted by molar-refractivity contribution is 7.15. The van der Waals surface area contributed by atoms with Crippen LogP contribution < -0.4 is 10.6 Å². The van der Waals surface area contributed by atoms with Crippen LogP contribution >= 0.6 is 11.3 Å². The summed E-state index contributed by atoms with van der Waals surface area (Å²) >= 11 is 1.63. The maximum atomic E-state index is 5.77. The summed E-state index contributed by atoms with van der Waals surface area (Å²) in [7, 11) is 2.07. The van der Waals surface area contributed by atoms with E-state index < -0.39 is 0 Å². The first-order valence-corrected chi connectivity index (χ1v) is 5.77. The number of anilines is 1. The van der Waals surface area contributed by atoms with Crippen molar-refractivity contribution in [3.63, 3.8) is 0 Å². The third-order valence-electron chi connectivity index (χ3n) is 2.72. The molecule has 14 heavy (non-hydrogen) atoms. The zero-order valence-corrected chi connectivity index (χ0v) is 9.42. The number of likely N-dealkylation sites (N-methyl/N-ethyl adjacent to an activating group) is 1. The molecule has 1 aliphatic carbocycles. The second-order valence-electron chi connectivity index (χ2n) is 3.86. The van der Waals surface area contributed by atoms with Crippen LogP contribution in [0.3, 0.4) is 0 Å². The Kier molecular flexibility index (Phi) is 2.69. The molecule has 0 bridgehead atoms. The number of aryl methyl sites for hydroxylation is 1. The third kappa shape index (κ3) is 1.88. The van der Waals surface area contributed by atoms with Gasteiger partial charge in [-0.3, -0.25) is 0 Å². The molecule has 2 N–H and O–H groups in total. The van der Waals surface area contributed by atoms with Gasteiger partial charge in [0, 0.05) is 19.6 Å². The lowest BCUT2D eigenvalue weighted by Crippen LogP contribution is -2.39. The quantitative estimate of drug-likeness (QED) is 0.809. The van der Waals surface area contributed by atoms with E-state index in [1.54, 1.807) is 11.3 Å². The zero-order valence-electron chi connectivity index (χ0n) is 8.60. The fraction of sp³-hybridized carbons (Fsp3) is 0.778. The average Bonchev–Trinajstić information content (AvgIpc) is 2.90. The number of hydrogen-bond acceptors (Lipinski definition) is 5. The van der Waals surface area contributed by atoms with E-state index in [1.165, 1.54) is 12.8 Å². The van der Waals surface area contributed by atoms with Crippen LogP contribution in [0, 0.1) is 12.8 Å². The summed E-state index contributed by atoms with van der Waals surface area (Å²) in [4.78, 5) is 2.18. The molecule has 1 atom stereocenters. The van der Waals surface area contributed by atoms with E-state index in [0.717, 1.165) is 16.1 Å². The normalized spacial score (nSPS) is 18.2. The summed E-state index contributed by atoms with van der Waals surface area (Å²) in [5.74, 6) is 0.772. The van der Waals surface area contributed by atoms with E-state index in [0.29, 0.717) is 12.6 Å². The molecule has 1 unspecified atom stereocenters. The van der Waals surface area contributed by atoms with E-state index in [4.69, 9.17) is 5.73 Å². The Morgan fingerprint density at radius 3 is 2.71 bits per heavy atom. The molecule has 0 aliphatic heterocycles. The molecular formula is C9H16N4S. The topological polar surface area (TPSA) is 55.0 Å². The van der Waals surface area contributed by atoms with Crippen molar-refractivity contribution < 1.29 is 0 Å². The summed E-state index contributed by atoms with van der Waals surface area (Å²) in [6, 6.07) is 0.447. The van der Waals surface area contributed by atoms with Gasteiger partial charge in [-0.1, -0.05) is 11.3 Å². The molecule has 1 fully saturated rings. The highest BCUT2D eigenvalue weighted by atomic mass is 32.1. The molecule has 0 amide bonds. The highest BCUT2D eigenvalue weighted by Crippen LogP contribution is 2.36. The largest absolute Gasteiger partial charge is 0.345 e. The molecular weight excluding hydrogens is 196 g/mol. The lowest BCUT2D eigenvalue weighted by atomic mass is 10.2. The number of rotatable bonds is 4. The fourth-order valence-corrected chi connectivity index (χ4v) is 2.43. The van der Waals surface area contributed by atoms with Gasteiger partial charge in [-0.15, -0.1) is 10.2 Å². The van der Waals surface area contributed by atoms with Gasteiger partial charge in [0.2, 0.25) is 5.13 Å². The Morgan fingerprint density at radius 1 is 1.57 bits per heavy atom. The van der Waals surface area contributed by atoms with Crippen molar-refractivity contribution in [2.24, 2.45) is 11.7 Å². The van der Waals surface area contributed by atoms with Gasteiger partial charge in [-0.25, -0.2) is 0 Å². The molecule has 78 valence electrons. The van der Waals surface area contributed by atoms with Crippen LogP contribution in [0.2, 0.25) is 0 Å². The van der Waals surface area contributed by atoms with Gasteiger partial charge in [-0.05, 0) is 25.7 Å². The molecule has 1 aliphatic rings. The molecule has 4 nitrogen and oxygen atoms in total. The lowest BCUT2D eigenvalue weighted by molar-refractivity contribution is 0.568. The molecule has 0 saturated heterocycles. The number of nitrogens with two attached hydrogens (primary N) is 1. The summed E-state index contributed by atoms with van der Waals surface area (Å²) in [6.07, 6.45) is 2.62. The SMILES string of the molecule is Cc1nnc(N(C)C(CN)C2CC2)s1. The minimum absolute atomic E-state index is 0.447. The van der Waals surface area contributed by atoms with Gasteiger partial charge in [0.25, 0.3) is 0 Å². The first-order valence-electron chi connectivity index (χ1n) is 4.95. The van der Waals surface area contributed by atoms with Crippen LogP contribution in [0.1, 0.15) is 17.8 Å². The second kappa shape index (κ2) is 3.82. The molecule has 1 heterocycles. The van der Waals surface area contributed by atoms with Crippen LogP contribution in [0.5, 0.6) is 0 Å². The van der Waals surface area contributed by atoms with Crippen LogP contribution in [0.4, 0.5) is 5.13 Å². The maximum absolute atomic E-state index is 5.77. The molecule has 2 rings (SSSR count). The van der Waals surface area contributed by atoms with Crippen LogP contribution in [-0.2, 0) is 0 Å². The Labute approximate surface area is 88.1 Å². The van der Waals surface area contributed by atoms with Crippen molar-refractivity contribution in [2.75, 3.05) is 18.5 Å². The molecule has 5 heteroatoms. The number of nitrogens with zero attached hydrogens (tertiary/aromatic N) is 3. The Morgan fingerprint density at radius 2 is 2.29 bits per heavy atom. The predicted octanol–water partition coefficient (Wildman–Crippen LogP) is 1.02. The summed E-state index contributed by atoms with van der Waals surface area (Å²) in [6.45, 7) is 2.68. The highest BCUT2D eigenvalue weighted by Gasteiger charge is 2.33. The Balaban J connectivity index is 2.08. The smallest absolute Gasteiger partial charge is 0.208 e. The summed E-state index contributed by atoms with van der Waals surface area (Å²) in [5.41, 5.74) is 5.77. The minimum atomic E-state index is 0.447. The van der Waals surface area contributed by atoms with Gasteiger partial charge < -0.3 is 10.6 Å². The molecule has 1 aromatic rings. The molecule has 1 saturated carbocycles. The maximum Gasteiger partial charge on any atom is 0.208 e. The van der Waals surface area contributed by atoms with Crippen molar-refractivity contribution in [3.8, 4) is 0 Å². The van der Waals surface area contributed by atoms with Crippen LogP contribution in [0.15, 0.2) is 0 Å². The van der Waals surface area contributed by atoms with E-state index in [1.807, 2.05) is 6.92 Å². The molecule has 1 aromatic heterocycles. The number of hydrogen-bond donors (Lipinski definition) is 1. The van der Waals surface area contributed by atoms with Gasteiger partial charge in [-0.2, -0.15) is 0 Å². The third-order valence-corrected chi connectivity index (χ3v) is 3.65. The molecule has 0 radical (unpaired) electrons. The van der Waals surface area contributed by atoms with Crippen molar-refractivity contribution >= 4 is 16.5 Å². The lowest BCUT2D eigenvalue weighted by Gasteiger charge is -2.25. The van der Waals surface area contributed by atoms with E-state index >= 15 is 0 Å². The molecule has 0 spiro atoms. The van der Waals surface area contributed by atoms with Gasteiger partial charge in [0.05, 0.1) is 0 Å². The zero-order chi connectivity index (χ0) is 10.1. The summed E-state index contributed by atoms with van der Waals surface area (Å²) in [5, 5.41) is 10.2. The van der Waals surface area contributed by atoms with Gasteiger partial charge in [0.1, 0.15) is 5.01 Å². The predicted molar refractivity (Wildman–Crippen MR) is 58.6 cm³/mol. The van der Waals surface area contributed by atoms with Crippen molar-refractivity contribution in [1.29, 1.82) is 0 Å². The van der Waals surface area contributed by atoms with Crippen LogP contribution in [0.25, 0.3) is 0 Å². The van der Waals surface area contributed by atoms with Crippen molar-refractivity contribution in [3.05, 3.63) is 5.01 Å². The van der Waals surface area contributed by atoms with Gasteiger partial charge >= 0.3 is 0 Å². The summed E-state index contributed by atoms with van der Waals surface area (Å²) < 4.78 is 0. The Bertz CT molecular complexity index is 308. The van der Waals surface area contributed by atoms with Crippen LogP contribution in [-0.4, -0.2) is 29.8 Å². The monoisotopic (exact) mass is 212 g/mol. The molecule has 0 aromatic carbocycles. The van der Waals surface area contributed by atoms with E-state index in [-0.39, 0.29) is 0 Å². The standard InChI is InChI=1S/C9H16N4S/c1-6-11-12-9(14-6)13(2)8(5-10)7-3-4-7/h7-8H,3-5,10H2,1-2H3. The number of aromatic nitrogens is 2. The van der Waals surface area contributed by atoms with E-state index in [2.05, 4.69) is 22.1 Å². The average molecular weight is 212 g/mol. The fourth-order valence-electron chi connectivity index (χ4n) is 1.72. The van der Waals surface area contributed by atoms with E-state index in [9.17, 15) is 0 Å². The first kappa shape index (κ1) is 9.86. The second-order valence-corrected chi connectivity index (χ2v) is 5.02. The first-order chi connectivity index (χ1) is 6.72. The van der Waals surface area contributed by atoms with Crippen molar-refractivity contribution in [2.45, 2.75) is 25.8 Å². The van der Waals surface area contributed by atoms with Crippen molar-refractivity contribution in [1.82, 2.24) is 10.2 Å². The minimum Gasteiger partial charge on any atom is -0.345 e.